The van der Waals surface area contributed by atoms with Gasteiger partial charge in [-0.05, 0) is 31.5 Å². The van der Waals surface area contributed by atoms with Crippen molar-refractivity contribution in [1.82, 2.24) is 4.98 Å². The number of ether oxygens (including phenoxy) is 2. The van der Waals surface area contributed by atoms with Gasteiger partial charge in [-0.1, -0.05) is 42.0 Å². The average molecular weight is 321 g/mol. The molecule has 0 amide bonds. The van der Waals surface area contributed by atoms with Gasteiger partial charge < -0.3 is 9.47 Å². The predicted octanol–water partition coefficient (Wildman–Crippen LogP) is 4.30. The highest BCUT2D eigenvalue weighted by atomic mass is 16.5. The van der Waals surface area contributed by atoms with Crippen molar-refractivity contribution in [3.05, 3.63) is 71.4 Å². The van der Waals surface area contributed by atoms with Crippen LogP contribution < -0.4 is 4.74 Å². The van der Waals surface area contributed by atoms with Crippen molar-refractivity contribution in [2.45, 2.75) is 20.5 Å². The quantitative estimate of drug-likeness (QED) is 0.657. The summed E-state index contributed by atoms with van der Waals surface area (Å²) >= 11 is 0. The fourth-order valence-corrected chi connectivity index (χ4v) is 2.42. The van der Waals surface area contributed by atoms with Crippen LogP contribution in [0.2, 0.25) is 0 Å². The Morgan fingerprint density at radius 2 is 1.92 bits per heavy atom. The number of pyridine rings is 1. The number of para-hydroxylation sites is 1. The molecule has 1 aromatic heterocycles. The van der Waals surface area contributed by atoms with E-state index in [4.69, 9.17) is 9.47 Å². The lowest BCUT2D eigenvalue weighted by Crippen LogP contribution is -2.05. The van der Waals surface area contributed by atoms with E-state index in [9.17, 15) is 4.79 Å². The van der Waals surface area contributed by atoms with Crippen LogP contribution in [0.5, 0.6) is 5.75 Å². The molecule has 0 bridgehead atoms. The van der Waals surface area contributed by atoms with Gasteiger partial charge in [0.25, 0.3) is 0 Å². The number of aryl methyl sites for hydroxylation is 1. The van der Waals surface area contributed by atoms with Gasteiger partial charge in [-0.2, -0.15) is 0 Å². The van der Waals surface area contributed by atoms with E-state index in [0.29, 0.717) is 24.5 Å². The first-order chi connectivity index (χ1) is 11.7. The second-order valence-electron chi connectivity index (χ2n) is 5.55. The highest BCUT2D eigenvalue weighted by Gasteiger charge is 2.10. The third-order valence-electron chi connectivity index (χ3n) is 3.70. The summed E-state index contributed by atoms with van der Waals surface area (Å²) in [5, 5.41) is 0.849. The smallest absolute Gasteiger partial charge is 0.339 e. The van der Waals surface area contributed by atoms with Gasteiger partial charge in [0.2, 0.25) is 0 Å². The van der Waals surface area contributed by atoms with Crippen molar-refractivity contribution in [2.75, 3.05) is 6.61 Å². The van der Waals surface area contributed by atoms with Gasteiger partial charge in [-0.15, -0.1) is 0 Å². The van der Waals surface area contributed by atoms with Crippen molar-refractivity contribution in [1.29, 1.82) is 0 Å². The number of fused-ring (bicyclic) bond motifs is 1. The lowest BCUT2D eigenvalue weighted by molar-refractivity contribution is 0.0526. The Kier molecular flexibility index (Phi) is 4.75. The number of carbonyl (C=O) groups excluding carboxylic acids is 1. The Bertz CT molecular complexity index is 856. The molecule has 0 aliphatic rings. The van der Waals surface area contributed by atoms with E-state index in [1.54, 1.807) is 13.0 Å². The summed E-state index contributed by atoms with van der Waals surface area (Å²) in [4.78, 5) is 16.2. The monoisotopic (exact) mass is 321 g/mol. The summed E-state index contributed by atoms with van der Waals surface area (Å²) in [6.07, 6.45) is 1.53. The number of hydrogen-bond donors (Lipinski definition) is 0. The summed E-state index contributed by atoms with van der Waals surface area (Å²) in [7, 11) is 0. The van der Waals surface area contributed by atoms with Crippen LogP contribution in [0, 0.1) is 6.92 Å². The van der Waals surface area contributed by atoms with Crippen molar-refractivity contribution in [3.8, 4) is 5.75 Å². The number of benzene rings is 2. The van der Waals surface area contributed by atoms with Crippen molar-refractivity contribution in [2.24, 2.45) is 0 Å². The average Bonchev–Trinajstić information content (AvgIpc) is 2.61. The minimum atomic E-state index is -0.363. The summed E-state index contributed by atoms with van der Waals surface area (Å²) in [6.45, 7) is 4.65. The fraction of sp³-hybridized carbons (Fsp3) is 0.200. The third-order valence-corrected chi connectivity index (χ3v) is 3.70. The molecule has 2 aromatic carbocycles. The molecule has 0 atom stereocenters. The molecule has 0 N–H and O–H groups in total. The SMILES string of the molecule is CCOC(=O)c1cnc2c(OCc3ccc(C)cc3)cccc2c1. The topological polar surface area (TPSA) is 48.4 Å². The zero-order valence-corrected chi connectivity index (χ0v) is 13.8. The summed E-state index contributed by atoms with van der Waals surface area (Å²) in [6, 6.07) is 15.7. The molecule has 4 heteroatoms. The molecule has 0 fully saturated rings. The van der Waals surface area contributed by atoms with Crippen LogP contribution in [0.4, 0.5) is 0 Å². The first-order valence-corrected chi connectivity index (χ1v) is 7.91. The maximum Gasteiger partial charge on any atom is 0.339 e. The molecule has 122 valence electrons. The van der Waals surface area contributed by atoms with Gasteiger partial charge in [-0.3, -0.25) is 4.98 Å². The minimum absolute atomic E-state index is 0.344. The maximum atomic E-state index is 11.8. The molecule has 1 heterocycles. The fourth-order valence-electron chi connectivity index (χ4n) is 2.42. The largest absolute Gasteiger partial charge is 0.487 e. The first-order valence-electron chi connectivity index (χ1n) is 7.91. The minimum Gasteiger partial charge on any atom is -0.487 e. The molecule has 0 radical (unpaired) electrons. The number of carbonyl (C=O) groups is 1. The summed E-state index contributed by atoms with van der Waals surface area (Å²) in [5.41, 5.74) is 3.50. The highest BCUT2D eigenvalue weighted by molar-refractivity contribution is 5.95. The van der Waals surface area contributed by atoms with Gasteiger partial charge in [-0.25, -0.2) is 4.79 Å². The van der Waals surface area contributed by atoms with Crippen LogP contribution in [0.1, 0.15) is 28.4 Å². The molecule has 3 aromatic rings. The Hall–Kier alpha value is -2.88. The molecule has 0 aliphatic carbocycles. The molecule has 0 saturated heterocycles. The number of nitrogens with zero attached hydrogens (tertiary/aromatic N) is 1. The molecular weight excluding hydrogens is 302 g/mol. The van der Waals surface area contributed by atoms with Gasteiger partial charge >= 0.3 is 5.97 Å². The number of esters is 1. The molecule has 0 unspecified atom stereocenters. The second-order valence-corrected chi connectivity index (χ2v) is 5.55. The van der Waals surface area contributed by atoms with Crippen molar-refractivity contribution in [3.63, 3.8) is 0 Å². The summed E-state index contributed by atoms with van der Waals surface area (Å²) in [5.74, 6) is 0.335. The third kappa shape index (κ3) is 3.54. The van der Waals surface area contributed by atoms with Crippen molar-refractivity contribution < 1.29 is 14.3 Å². The van der Waals surface area contributed by atoms with Crippen LogP contribution in [0.3, 0.4) is 0 Å². The van der Waals surface area contributed by atoms with Gasteiger partial charge in [0.05, 0.1) is 12.2 Å². The van der Waals surface area contributed by atoms with Crippen LogP contribution in [0.15, 0.2) is 54.7 Å². The van der Waals surface area contributed by atoms with Crippen LogP contribution >= 0.6 is 0 Å². The Balaban J connectivity index is 1.83. The zero-order valence-electron chi connectivity index (χ0n) is 13.8. The Morgan fingerprint density at radius 3 is 2.67 bits per heavy atom. The van der Waals surface area contributed by atoms with Gasteiger partial charge in [0, 0.05) is 11.6 Å². The number of aromatic nitrogens is 1. The molecule has 0 aliphatic heterocycles. The van der Waals surface area contributed by atoms with E-state index in [1.807, 2.05) is 30.3 Å². The number of rotatable bonds is 5. The molecule has 0 spiro atoms. The van der Waals surface area contributed by atoms with E-state index in [0.717, 1.165) is 16.5 Å². The van der Waals surface area contributed by atoms with E-state index in [1.165, 1.54) is 11.8 Å². The lowest BCUT2D eigenvalue weighted by Gasteiger charge is -2.10. The Morgan fingerprint density at radius 1 is 1.12 bits per heavy atom. The first kappa shape index (κ1) is 16.0. The van der Waals surface area contributed by atoms with Crippen LogP contribution in [-0.4, -0.2) is 17.6 Å². The van der Waals surface area contributed by atoms with E-state index >= 15 is 0 Å². The predicted molar refractivity (Wildman–Crippen MR) is 93.2 cm³/mol. The second kappa shape index (κ2) is 7.13. The van der Waals surface area contributed by atoms with E-state index in [-0.39, 0.29) is 5.97 Å². The van der Waals surface area contributed by atoms with Crippen LogP contribution in [0.25, 0.3) is 10.9 Å². The van der Waals surface area contributed by atoms with E-state index in [2.05, 4.69) is 24.0 Å². The van der Waals surface area contributed by atoms with Gasteiger partial charge in [0.15, 0.2) is 0 Å². The molecule has 0 saturated carbocycles. The zero-order chi connectivity index (χ0) is 16.9. The lowest BCUT2D eigenvalue weighted by atomic mass is 10.1. The molecular formula is C20H19NO3. The van der Waals surface area contributed by atoms with Crippen LogP contribution in [-0.2, 0) is 11.3 Å². The molecule has 4 nitrogen and oxygen atoms in total. The maximum absolute atomic E-state index is 11.8. The van der Waals surface area contributed by atoms with Crippen molar-refractivity contribution >= 4 is 16.9 Å². The number of hydrogen-bond acceptors (Lipinski definition) is 4. The standard InChI is InChI=1S/C20H19NO3/c1-3-23-20(22)17-11-16-5-4-6-18(19(16)21-12-17)24-13-15-9-7-14(2)8-10-15/h4-12H,3,13H2,1-2H3. The molecule has 3 rings (SSSR count). The Labute approximate surface area is 141 Å². The highest BCUT2D eigenvalue weighted by Crippen LogP contribution is 2.25. The molecule has 24 heavy (non-hydrogen) atoms. The summed E-state index contributed by atoms with van der Waals surface area (Å²) < 4.78 is 10.9. The normalized spacial score (nSPS) is 10.6. The van der Waals surface area contributed by atoms with E-state index < -0.39 is 0 Å². The van der Waals surface area contributed by atoms with Gasteiger partial charge in [0.1, 0.15) is 17.9 Å².